The first-order chi connectivity index (χ1) is 10.4. The summed E-state index contributed by atoms with van der Waals surface area (Å²) in [4.78, 5) is 2.42. The van der Waals surface area contributed by atoms with Gasteiger partial charge in [0.2, 0.25) is 0 Å². The fourth-order valence-corrected chi connectivity index (χ4v) is 3.75. The number of benzene rings is 1. The maximum atomic E-state index is 5.77. The van der Waals surface area contributed by atoms with Crippen molar-refractivity contribution in [3.05, 3.63) is 35.2 Å². The first-order valence-electron chi connectivity index (χ1n) is 7.65. The Morgan fingerprint density at radius 3 is 2.95 bits per heavy atom. The average molecular weight is 305 g/mol. The standard InChI is InChI=1S/C17H23NO2S/c1-19-15-11-18(12-15)8-4-9-20-10-7-14-13-21-17-6-3-2-5-16(14)17/h2-3,5-6,13,15H,4,7-12H2,1H3. The molecule has 0 bridgehead atoms. The van der Waals surface area contributed by atoms with Crippen molar-refractivity contribution in [2.45, 2.75) is 18.9 Å². The second-order valence-electron chi connectivity index (χ2n) is 5.59. The van der Waals surface area contributed by atoms with E-state index in [1.54, 1.807) is 7.11 Å². The number of fused-ring (bicyclic) bond motifs is 1. The van der Waals surface area contributed by atoms with Crippen LogP contribution in [0.3, 0.4) is 0 Å². The van der Waals surface area contributed by atoms with Crippen LogP contribution >= 0.6 is 11.3 Å². The molecular formula is C17H23NO2S. The average Bonchev–Trinajstić information content (AvgIpc) is 2.88. The number of ether oxygens (including phenoxy) is 2. The van der Waals surface area contributed by atoms with Gasteiger partial charge in [-0.1, -0.05) is 18.2 Å². The predicted octanol–water partition coefficient (Wildman–Crippen LogP) is 3.18. The molecule has 21 heavy (non-hydrogen) atoms. The van der Waals surface area contributed by atoms with Gasteiger partial charge in [-0.2, -0.15) is 0 Å². The minimum Gasteiger partial charge on any atom is -0.381 e. The Labute approximate surface area is 130 Å². The summed E-state index contributed by atoms with van der Waals surface area (Å²) in [6.45, 7) is 4.97. The van der Waals surface area contributed by atoms with Crippen LogP contribution in [0.1, 0.15) is 12.0 Å². The molecular weight excluding hydrogens is 282 g/mol. The summed E-state index contributed by atoms with van der Waals surface area (Å²) >= 11 is 1.82. The third kappa shape index (κ3) is 3.83. The zero-order valence-electron chi connectivity index (χ0n) is 12.6. The van der Waals surface area contributed by atoms with E-state index >= 15 is 0 Å². The van der Waals surface area contributed by atoms with Crippen LogP contribution in [0.15, 0.2) is 29.6 Å². The van der Waals surface area contributed by atoms with Crippen molar-refractivity contribution in [2.24, 2.45) is 0 Å². The molecule has 1 aromatic heterocycles. The number of nitrogens with zero attached hydrogens (tertiary/aromatic N) is 1. The van der Waals surface area contributed by atoms with Crippen LogP contribution in [-0.4, -0.2) is 51.0 Å². The second-order valence-corrected chi connectivity index (χ2v) is 6.50. The molecule has 1 saturated heterocycles. The molecule has 1 aliphatic heterocycles. The maximum Gasteiger partial charge on any atom is 0.0824 e. The second kappa shape index (κ2) is 7.36. The molecule has 1 aromatic carbocycles. The zero-order valence-corrected chi connectivity index (χ0v) is 13.4. The highest BCUT2D eigenvalue weighted by Crippen LogP contribution is 2.25. The number of rotatable bonds is 8. The summed E-state index contributed by atoms with van der Waals surface area (Å²) in [5.74, 6) is 0. The van der Waals surface area contributed by atoms with Crippen LogP contribution in [-0.2, 0) is 15.9 Å². The molecule has 0 N–H and O–H groups in total. The van der Waals surface area contributed by atoms with E-state index < -0.39 is 0 Å². The lowest BCUT2D eigenvalue weighted by molar-refractivity contribution is -0.0323. The quantitative estimate of drug-likeness (QED) is 0.699. The van der Waals surface area contributed by atoms with E-state index in [-0.39, 0.29) is 0 Å². The van der Waals surface area contributed by atoms with Gasteiger partial charge in [0.15, 0.2) is 0 Å². The van der Waals surface area contributed by atoms with Gasteiger partial charge in [-0.3, -0.25) is 4.90 Å². The lowest BCUT2D eigenvalue weighted by Crippen LogP contribution is -2.51. The van der Waals surface area contributed by atoms with Gasteiger partial charge in [0.25, 0.3) is 0 Å². The highest BCUT2D eigenvalue weighted by Gasteiger charge is 2.25. The summed E-state index contributed by atoms with van der Waals surface area (Å²) in [7, 11) is 1.79. The van der Waals surface area contributed by atoms with Crippen molar-refractivity contribution < 1.29 is 9.47 Å². The van der Waals surface area contributed by atoms with Crippen LogP contribution in [0.25, 0.3) is 10.1 Å². The third-order valence-electron chi connectivity index (χ3n) is 4.10. The largest absolute Gasteiger partial charge is 0.381 e. The van der Waals surface area contributed by atoms with Crippen molar-refractivity contribution in [2.75, 3.05) is 40.0 Å². The van der Waals surface area contributed by atoms with E-state index in [0.29, 0.717) is 6.10 Å². The molecule has 4 heteroatoms. The maximum absolute atomic E-state index is 5.77. The SMILES string of the molecule is COC1CN(CCCOCCc2csc3ccccc23)C1. The van der Waals surface area contributed by atoms with Crippen LogP contribution in [0, 0.1) is 0 Å². The first kappa shape index (κ1) is 15.0. The van der Waals surface area contributed by atoms with E-state index in [0.717, 1.165) is 45.7 Å². The molecule has 1 fully saturated rings. The fourth-order valence-electron chi connectivity index (χ4n) is 2.75. The lowest BCUT2D eigenvalue weighted by atomic mass is 10.1. The molecule has 0 unspecified atom stereocenters. The van der Waals surface area contributed by atoms with E-state index in [9.17, 15) is 0 Å². The molecule has 0 radical (unpaired) electrons. The number of likely N-dealkylation sites (tertiary alicyclic amines) is 1. The molecule has 3 rings (SSSR count). The van der Waals surface area contributed by atoms with Gasteiger partial charge in [-0.05, 0) is 35.2 Å². The minimum absolute atomic E-state index is 0.456. The molecule has 3 nitrogen and oxygen atoms in total. The molecule has 2 aromatic rings. The molecule has 0 atom stereocenters. The molecule has 1 aliphatic rings. The Morgan fingerprint density at radius 1 is 1.24 bits per heavy atom. The summed E-state index contributed by atoms with van der Waals surface area (Å²) in [6, 6.07) is 8.60. The summed E-state index contributed by atoms with van der Waals surface area (Å²) in [5.41, 5.74) is 1.42. The molecule has 0 spiro atoms. The van der Waals surface area contributed by atoms with Crippen LogP contribution < -0.4 is 0 Å². The molecule has 114 valence electrons. The van der Waals surface area contributed by atoms with Gasteiger partial charge >= 0.3 is 0 Å². The van der Waals surface area contributed by atoms with Crippen molar-refractivity contribution in [3.8, 4) is 0 Å². The molecule has 2 heterocycles. The Morgan fingerprint density at radius 2 is 2.10 bits per heavy atom. The number of methoxy groups -OCH3 is 1. The van der Waals surface area contributed by atoms with Crippen LogP contribution in [0.2, 0.25) is 0 Å². The van der Waals surface area contributed by atoms with Crippen molar-refractivity contribution in [1.29, 1.82) is 0 Å². The van der Waals surface area contributed by atoms with Crippen molar-refractivity contribution >= 4 is 21.4 Å². The highest BCUT2D eigenvalue weighted by molar-refractivity contribution is 7.17. The van der Waals surface area contributed by atoms with Gasteiger partial charge in [0, 0.05) is 38.1 Å². The molecule has 0 saturated carbocycles. The van der Waals surface area contributed by atoms with Crippen LogP contribution in [0.5, 0.6) is 0 Å². The normalized spacial score (nSPS) is 16.4. The third-order valence-corrected chi connectivity index (χ3v) is 5.11. The van der Waals surface area contributed by atoms with Gasteiger partial charge in [0.1, 0.15) is 0 Å². The summed E-state index contributed by atoms with van der Waals surface area (Å²) in [6.07, 6.45) is 2.58. The van der Waals surface area contributed by atoms with E-state index in [1.165, 1.54) is 15.6 Å². The number of hydrogen-bond acceptors (Lipinski definition) is 4. The Hall–Kier alpha value is -0.940. The Bertz CT molecular complexity index is 563. The van der Waals surface area contributed by atoms with Crippen molar-refractivity contribution in [3.63, 3.8) is 0 Å². The monoisotopic (exact) mass is 305 g/mol. The van der Waals surface area contributed by atoms with E-state index in [4.69, 9.17) is 9.47 Å². The zero-order chi connectivity index (χ0) is 14.5. The smallest absolute Gasteiger partial charge is 0.0824 e. The number of hydrogen-bond donors (Lipinski definition) is 0. The summed E-state index contributed by atoms with van der Waals surface area (Å²) in [5, 5.41) is 3.65. The fraction of sp³-hybridized carbons (Fsp3) is 0.529. The van der Waals surface area contributed by atoms with E-state index in [2.05, 4.69) is 34.5 Å². The van der Waals surface area contributed by atoms with Gasteiger partial charge in [0.05, 0.1) is 12.7 Å². The predicted molar refractivity (Wildman–Crippen MR) is 88.2 cm³/mol. The van der Waals surface area contributed by atoms with Crippen molar-refractivity contribution in [1.82, 2.24) is 4.90 Å². The lowest BCUT2D eigenvalue weighted by Gasteiger charge is -2.38. The Kier molecular flexibility index (Phi) is 5.25. The Balaban J connectivity index is 1.30. The van der Waals surface area contributed by atoms with E-state index in [1.807, 2.05) is 11.3 Å². The topological polar surface area (TPSA) is 21.7 Å². The van der Waals surface area contributed by atoms with Crippen LogP contribution in [0.4, 0.5) is 0 Å². The molecule has 0 amide bonds. The van der Waals surface area contributed by atoms with Gasteiger partial charge in [-0.25, -0.2) is 0 Å². The molecule has 0 aliphatic carbocycles. The summed E-state index contributed by atoms with van der Waals surface area (Å²) < 4.78 is 12.4. The first-order valence-corrected chi connectivity index (χ1v) is 8.53. The number of thiophene rings is 1. The highest BCUT2D eigenvalue weighted by atomic mass is 32.1. The minimum atomic E-state index is 0.456. The van der Waals surface area contributed by atoms with Gasteiger partial charge < -0.3 is 9.47 Å². The van der Waals surface area contributed by atoms with Gasteiger partial charge in [-0.15, -0.1) is 11.3 Å².